The molecule has 28 heavy (non-hydrogen) atoms. The number of carbonyl (C=O) groups is 1. The Labute approximate surface area is 174 Å². The number of thioether (sulfide) groups is 1. The summed E-state index contributed by atoms with van der Waals surface area (Å²) in [6.45, 7) is 7.13. The number of piperazine rings is 1. The molecular weight excluding hydrogens is 396 g/mol. The van der Waals surface area contributed by atoms with E-state index in [0.717, 1.165) is 48.7 Å². The van der Waals surface area contributed by atoms with Gasteiger partial charge in [0.2, 0.25) is 5.16 Å². The van der Waals surface area contributed by atoms with E-state index in [0.29, 0.717) is 16.7 Å². The van der Waals surface area contributed by atoms with Crippen LogP contribution in [0, 0.1) is 13.8 Å². The first-order valence-corrected chi connectivity index (χ1v) is 10.0. The van der Waals surface area contributed by atoms with Crippen LogP contribution in [0.1, 0.15) is 27.3 Å². The zero-order valence-electron chi connectivity index (χ0n) is 15.9. The first-order chi connectivity index (χ1) is 13.1. The number of rotatable bonds is 4. The van der Waals surface area contributed by atoms with Gasteiger partial charge in [-0.05, 0) is 31.5 Å². The summed E-state index contributed by atoms with van der Waals surface area (Å²) in [5, 5.41) is 8.48. The average molecular weight is 419 g/mol. The van der Waals surface area contributed by atoms with Crippen molar-refractivity contribution in [2.24, 2.45) is 0 Å². The summed E-state index contributed by atoms with van der Waals surface area (Å²) in [5.41, 5.74) is 3.70. The highest BCUT2D eigenvalue weighted by atomic mass is 35.5. The molecule has 7 nitrogen and oxygen atoms in total. The number of carbonyl (C=O) groups excluding carboxylic acids is 1. The van der Waals surface area contributed by atoms with Crippen molar-refractivity contribution in [2.75, 3.05) is 26.2 Å². The lowest BCUT2D eigenvalue weighted by atomic mass is 10.1. The van der Waals surface area contributed by atoms with E-state index in [-0.39, 0.29) is 18.3 Å². The number of amides is 1. The molecule has 3 aromatic rings. The molecule has 1 amide bonds. The maximum Gasteiger partial charge on any atom is 0.254 e. The number of hydrogen-bond acceptors (Lipinski definition) is 6. The Morgan fingerprint density at radius 1 is 1.18 bits per heavy atom. The number of fused-ring (bicyclic) bond motifs is 1. The van der Waals surface area contributed by atoms with Gasteiger partial charge in [-0.25, -0.2) is 9.50 Å². The standard InChI is InChI=1S/C19H22N6OS.ClH/c1-13-11-14(2)25-18(21-13)22-19(23-25)27-12-15-5-3-4-6-16(15)17(26)24-9-7-20-8-10-24;/h3-6,11,20H,7-10,12H2,1-2H3;1H. The van der Waals surface area contributed by atoms with Crippen molar-refractivity contribution in [3.8, 4) is 0 Å². The van der Waals surface area contributed by atoms with Gasteiger partial charge in [0.1, 0.15) is 0 Å². The van der Waals surface area contributed by atoms with Crippen LogP contribution in [0.5, 0.6) is 0 Å². The van der Waals surface area contributed by atoms with Crippen molar-refractivity contribution in [3.63, 3.8) is 0 Å². The van der Waals surface area contributed by atoms with Gasteiger partial charge in [0.25, 0.3) is 11.7 Å². The molecule has 1 N–H and O–H groups in total. The summed E-state index contributed by atoms with van der Waals surface area (Å²) >= 11 is 1.53. The summed E-state index contributed by atoms with van der Waals surface area (Å²) in [6, 6.07) is 9.79. The van der Waals surface area contributed by atoms with Gasteiger partial charge in [-0.2, -0.15) is 4.98 Å². The fourth-order valence-electron chi connectivity index (χ4n) is 3.24. The first-order valence-electron chi connectivity index (χ1n) is 9.03. The second kappa shape index (κ2) is 8.89. The summed E-state index contributed by atoms with van der Waals surface area (Å²) in [5.74, 6) is 1.35. The van der Waals surface area contributed by atoms with Crippen molar-refractivity contribution in [2.45, 2.75) is 24.8 Å². The van der Waals surface area contributed by atoms with E-state index in [2.05, 4.69) is 20.4 Å². The molecule has 2 aromatic heterocycles. The van der Waals surface area contributed by atoms with Crippen LogP contribution in [0.25, 0.3) is 5.78 Å². The largest absolute Gasteiger partial charge is 0.336 e. The van der Waals surface area contributed by atoms with Crippen molar-refractivity contribution in [1.29, 1.82) is 0 Å². The van der Waals surface area contributed by atoms with Gasteiger partial charge in [-0.15, -0.1) is 17.5 Å². The molecule has 1 aliphatic heterocycles. The predicted molar refractivity (Wildman–Crippen MR) is 112 cm³/mol. The third kappa shape index (κ3) is 4.29. The topological polar surface area (TPSA) is 75.4 Å². The van der Waals surface area contributed by atoms with Gasteiger partial charge < -0.3 is 10.2 Å². The van der Waals surface area contributed by atoms with Gasteiger partial charge >= 0.3 is 0 Å². The van der Waals surface area contributed by atoms with Crippen molar-refractivity contribution in [1.82, 2.24) is 29.8 Å². The molecule has 0 atom stereocenters. The highest BCUT2D eigenvalue weighted by Crippen LogP contribution is 2.23. The molecule has 0 aliphatic carbocycles. The smallest absolute Gasteiger partial charge is 0.254 e. The molecule has 1 saturated heterocycles. The molecule has 1 aromatic carbocycles. The Morgan fingerprint density at radius 2 is 1.93 bits per heavy atom. The summed E-state index contributed by atoms with van der Waals surface area (Å²) in [6.07, 6.45) is 0. The second-order valence-corrected chi connectivity index (χ2v) is 7.58. The van der Waals surface area contributed by atoms with Crippen LogP contribution in [-0.2, 0) is 5.75 Å². The maximum absolute atomic E-state index is 12.9. The molecule has 4 rings (SSSR count). The number of benzene rings is 1. The van der Waals surface area contributed by atoms with Crippen molar-refractivity contribution in [3.05, 3.63) is 52.8 Å². The van der Waals surface area contributed by atoms with E-state index >= 15 is 0 Å². The summed E-state index contributed by atoms with van der Waals surface area (Å²) in [4.78, 5) is 23.8. The van der Waals surface area contributed by atoms with Crippen LogP contribution in [0.15, 0.2) is 35.5 Å². The normalized spacial score (nSPS) is 14.1. The molecule has 0 bridgehead atoms. The molecule has 148 valence electrons. The zero-order chi connectivity index (χ0) is 18.8. The van der Waals surface area contributed by atoms with Gasteiger partial charge in [-0.3, -0.25) is 4.79 Å². The Morgan fingerprint density at radius 3 is 2.71 bits per heavy atom. The van der Waals surface area contributed by atoms with E-state index in [4.69, 9.17) is 0 Å². The van der Waals surface area contributed by atoms with Gasteiger partial charge in [-0.1, -0.05) is 30.0 Å². The van der Waals surface area contributed by atoms with E-state index < -0.39 is 0 Å². The summed E-state index contributed by atoms with van der Waals surface area (Å²) in [7, 11) is 0. The van der Waals surface area contributed by atoms with E-state index in [1.54, 1.807) is 4.52 Å². The molecule has 0 unspecified atom stereocenters. The fraction of sp³-hybridized carbons (Fsp3) is 0.368. The van der Waals surface area contributed by atoms with Crippen molar-refractivity contribution < 1.29 is 4.79 Å². The van der Waals surface area contributed by atoms with Gasteiger partial charge in [0.15, 0.2) is 0 Å². The quantitative estimate of drug-likeness (QED) is 0.656. The van der Waals surface area contributed by atoms with Gasteiger partial charge in [0.05, 0.1) is 0 Å². The van der Waals surface area contributed by atoms with Crippen LogP contribution in [0.3, 0.4) is 0 Å². The van der Waals surface area contributed by atoms with Crippen LogP contribution in [-0.4, -0.2) is 56.6 Å². The Bertz CT molecular complexity index is 986. The highest BCUT2D eigenvalue weighted by molar-refractivity contribution is 7.98. The molecule has 3 heterocycles. The number of nitrogens with zero attached hydrogens (tertiary/aromatic N) is 5. The minimum absolute atomic E-state index is 0. The van der Waals surface area contributed by atoms with E-state index in [1.807, 2.05) is 49.1 Å². The second-order valence-electron chi connectivity index (χ2n) is 6.63. The molecule has 1 fully saturated rings. The zero-order valence-corrected chi connectivity index (χ0v) is 17.5. The Balaban J connectivity index is 0.00000225. The molecule has 0 spiro atoms. The lowest BCUT2D eigenvalue weighted by molar-refractivity contribution is 0.0735. The lowest BCUT2D eigenvalue weighted by Gasteiger charge is -2.28. The maximum atomic E-state index is 12.9. The predicted octanol–water partition coefficient (Wildman–Crippen LogP) is 2.50. The molecule has 0 radical (unpaired) electrons. The van der Waals surface area contributed by atoms with Gasteiger partial charge in [0, 0.05) is 48.9 Å². The number of aromatic nitrogens is 4. The van der Waals surface area contributed by atoms with Crippen LogP contribution in [0.2, 0.25) is 0 Å². The van der Waals surface area contributed by atoms with Crippen molar-refractivity contribution >= 4 is 35.9 Å². The number of nitrogens with one attached hydrogen (secondary N) is 1. The van der Waals surface area contributed by atoms with E-state index in [1.165, 1.54) is 11.8 Å². The minimum atomic E-state index is 0. The van der Waals surface area contributed by atoms with E-state index in [9.17, 15) is 4.79 Å². The number of aryl methyl sites for hydroxylation is 2. The SMILES string of the molecule is Cc1cc(C)n2nc(SCc3ccccc3C(=O)N3CCNCC3)nc2n1.Cl. The van der Waals surface area contributed by atoms with Crippen LogP contribution >= 0.6 is 24.2 Å². The first kappa shape index (κ1) is 20.6. The Kier molecular flexibility index (Phi) is 6.53. The third-order valence-corrected chi connectivity index (χ3v) is 5.49. The molecule has 0 saturated carbocycles. The third-order valence-electron chi connectivity index (χ3n) is 4.61. The average Bonchev–Trinajstić information content (AvgIpc) is 3.10. The lowest BCUT2D eigenvalue weighted by Crippen LogP contribution is -2.46. The molecular formula is C19H23ClN6OS. The molecule has 1 aliphatic rings. The highest BCUT2D eigenvalue weighted by Gasteiger charge is 2.20. The summed E-state index contributed by atoms with van der Waals surface area (Å²) < 4.78 is 1.76. The fourth-order valence-corrected chi connectivity index (χ4v) is 4.07. The number of hydrogen-bond donors (Lipinski definition) is 1. The number of halogens is 1. The van der Waals surface area contributed by atoms with Crippen LogP contribution < -0.4 is 5.32 Å². The monoisotopic (exact) mass is 418 g/mol. The minimum Gasteiger partial charge on any atom is -0.336 e. The van der Waals surface area contributed by atoms with Crippen LogP contribution in [0.4, 0.5) is 0 Å². The molecule has 9 heteroatoms. The Hall–Kier alpha value is -2.16.